The summed E-state index contributed by atoms with van der Waals surface area (Å²) in [5.74, 6) is 0.464. The lowest BCUT2D eigenvalue weighted by Crippen LogP contribution is -2.38. The van der Waals surface area contributed by atoms with E-state index >= 15 is 0 Å². The monoisotopic (exact) mass is 348 g/mol. The van der Waals surface area contributed by atoms with Crippen molar-refractivity contribution in [2.24, 2.45) is 0 Å². The number of hydrogen-bond acceptors (Lipinski definition) is 4. The van der Waals surface area contributed by atoms with Crippen molar-refractivity contribution in [2.75, 3.05) is 6.26 Å². The highest BCUT2D eigenvalue weighted by molar-refractivity contribution is 7.98. The predicted octanol–water partition coefficient (Wildman–Crippen LogP) is 3.74. The maximum Gasteiger partial charge on any atom is 0.258 e. The topological polar surface area (TPSA) is 55.0 Å². The standard InChI is InChI=1S/C20H16N2O2S/c1-25-19-21-17(23)14-10-11-20(24-18(14)22-19)15-8-4-2-6-12(15)13-7-3-5-9-16(13)20/h2-9H,10-11H2,1H3,(H,21,22,23). The van der Waals surface area contributed by atoms with Gasteiger partial charge in [0.2, 0.25) is 5.88 Å². The number of aromatic amines is 1. The molecule has 0 bridgehead atoms. The van der Waals surface area contributed by atoms with Crippen LogP contribution in [0.4, 0.5) is 0 Å². The Morgan fingerprint density at radius 2 is 1.72 bits per heavy atom. The molecule has 4 nitrogen and oxygen atoms in total. The first-order valence-corrected chi connectivity index (χ1v) is 9.51. The van der Waals surface area contributed by atoms with Crippen molar-refractivity contribution in [3.05, 3.63) is 75.6 Å². The fourth-order valence-electron chi connectivity index (χ4n) is 4.04. The summed E-state index contributed by atoms with van der Waals surface area (Å²) in [5.41, 5.74) is 4.72. The maximum atomic E-state index is 12.3. The van der Waals surface area contributed by atoms with Crippen molar-refractivity contribution in [1.82, 2.24) is 9.97 Å². The second-order valence-corrected chi connectivity index (χ2v) is 7.17. The third kappa shape index (κ3) is 1.96. The molecule has 0 amide bonds. The Kier molecular flexibility index (Phi) is 3.09. The molecular weight excluding hydrogens is 332 g/mol. The quantitative estimate of drug-likeness (QED) is 0.538. The molecule has 0 unspecified atom stereocenters. The molecule has 0 atom stereocenters. The molecule has 1 spiro atoms. The molecule has 1 aliphatic carbocycles. The van der Waals surface area contributed by atoms with Crippen LogP contribution in [0.2, 0.25) is 0 Å². The Labute approximate surface area is 149 Å². The Morgan fingerprint density at radius 1 is 1.08 bits per heavy atom. The summed E-state index contributed by atoms with van der Waals surface area (Å²) in [4.78, 5) is 19.7. The number of H-pyrrole nitrogens is 1. The zero-order chi connectivity index (χ0) is 17.0. The molecule has 3 aromatic rings. The molecule has 2 heterocycles. The van der Waals surface area contributed by atoms with E-state index in [-0.39, 0.29) is 5.56 Å². The van der Waals surface area contributed by atoms with Gasteiger partial charge in [-0.25, -0.2) is 0 Å². The fourth-order valence-corrected chi connectivity index (χ4v) is 4.41. The first-order valence-electron chi connectivity index (χ1n) is 8.28. The van der Waals surface area contributed by atoms with E-state index in [9.17, 15) is 4.79 Å². The molecular formula is C20H16N2O2S. The number of fused-ring (bicyclic) bond motifs is 6. The van der Waals surface area contributed by atoms with Crippen LogP contribution in [-0.4, -0.2) is 16.2 Å². The van der Waals surface area contributed by atoms with Gasteiger partial charge in [0.15, 0.2) is 10.8 Å². The summed E-state index contributed by atoms with van der Waals surface area (Å²) in [6.07, 6.45) is 3.27. The van der Waals surface area contributed by atoms with E-state index in [1.54, 1.807) is 0 Å². The molecule has 2 aromatic carbocycles. The number of rotatable bonds is 1. The van der Waals surface area contributed by atoms with Crippen LogP contribution in [0.3, 0.4) is 0 Å². The highest BCUT2D eigenvalue weighted by atomic mass is 32.2. The first kappa shape index (κ1) is 14.8. The Morgan fingerprint density at radius 3 is 2.36 bits per heavy atom. The van der Waals surface area contributed by atoms with Gasteiger partial charge in [-0.1, -0.05) is 60.3 Å². The molecule has 0 radical (unpaired) electrons. The summed E-state index contributed by atoms with van der Waals surface area (Å²) in [5, 5.41) is 0.584. The van der Waals surface area contributed by atoms with Crippen molar-refractivity contribution in [1.29, 1.82) is 0 Å². The van der Waals surface area contributed by atoms with Crippen molar-refractivity contribution >= 4 is 11.8 Å². The molecule has 0 saturated heterocycles. The van der Waals surface area contributed by atoms with Gasteiger partial charge in [0.05, 0.1) is 5.56 Å². The zero-order valence-corrected chi connectivity index (χ0v) is 14.5. The Balaban J connectivity index is 1.76. The smallest absolute Gasteiger partial charge is 0.258 e. The van der Waals surface area contributed by atoms with Gasteiger partial charge in [-0.05, 0) is 23.8 Å². The second kappa shape index (κ2) is 5.23. The largest absolute Gasteiger partial charge is 0.461 e. The van der Waals surface area contributed by atoms with Crippen molar-refractivity contribution in [3.63, 3.8) is 0 Å². The van der Waals surface area contributed by atoms with Crippen molar-refractivity contribution < 1.29 is 4.74 Å². The number of ether oxygens (including phenoxy) is 1. The molecule has 2 aliphatic rings. The lowest BCUT2D eigenvalue weighted by atomic mass is 9.84. The second-order valence-electron chi connectivity index (χ2n) is 6.38. The molecule has 5 rings (SSSR count). The van der Waals surface area contributed by atoms with Crippen LogP contribution in [-0.2, 0) is 12.0 Å². The van der Waals surface area contributed by atoms with Gasteiger partial charge in [-0.15, -0.1) is 0 Å². The molecule has 5 heteroatoms. The van der Waals surface area contributed by atoms with Crippen molar-refractivity contribution in [3.8, 4) is 17.0 Å². The number of hydrogen-bond donors (Lipinski definition) is 1. The number of benzene rings is 2. The molecule has 0 fully saturated rings. The van der Waals surface area contributed by atoms with Crippen LogP contribution >= 0.6 is 11.8 Å². The molecule has 124 valence electrons. The van der Waals surface area contributed by atoms with Gasteiger partial charge in [0, 0.05) is 17.5 Å². The minimum Gasteiger partial charge on any atom is -0.461 e. The number of aromatic nitrogens is 2. The van der Waals surface area contributed by atoms with E-state index in [0.717, 1.165) is 17.5 Å². The lowest BCUT2D eigenvalue weighted by molar-refractivity contribution is 0.0809. The van der Waals surface area contributed by atoms with E-state index in [4.69, 9.17) is 4.74 Å². The molecule has 0 saturated carbocycles. The minimum absolute atomic E-state index is 0.0937. The van der Waals surface area contributed by atoms with Gasteiger partial charge in [0.1, 0.15) is 0 Å². The van der Waals surface area contributed by atoms with Gasteiger partial charge >= 0.3 is 0 Å². The van der Waals surface area contributed by atoms with E-state index in [0.29, 0.717) is 23.0 Å². The van der Waals surface area contributed by atoms with Crippen LogP contribution in [0.1, 0.15) is 23.1 Å². The van der Waals surface area contributed by atoms with Gasteiger partial charge in [-0.2, -0.15) is 4.98 Å². The SMILES string of the molecule is CSc1nc2c(c(=O)[nH]1)CCC1(O2)c2ccccc2-c2ccccc21. The predicted molar refractivity (Wildman–Crippen MR) is 98.2 cm³/mol. The lowest BCUT2D eigenvalue weighted by Gasteiger charge is -2.36. The van der Waals surface area contributed by atoms with Crippen LogP contribution in [0.5, 0.6) is 5.88 Å². The van der Waals surface area contributed by atoms with Crippen LogP contribution in [0.25, 0.3) is 11.1 Å². The maximum absolute atomic E-state index is 12.3. The van der Waals surface area contributed by atoms with Gasteiger partial charge in [-0.3, -0.25) is 4.79 Å². The van der Waals surface area contributed by atoms with Crippen molar-refractivity contribution in [2.45, 2.75) is 23.6 Å². The van der Waals surface area contributed by atoms with E-state index in [1.165, 1.54) is 22.9 Å². The zero-order valence-electron chi connectivity index (χ0n) is 13.7. The summed E-state index contributed by atoms with van der Waals surface area (Å²) < 4.78 is 6.51. The summed E-state index contributed by atoms with van der Waals surface area (Å²) >= 11 is 1.41. The van der Waals surface area contributed by atoms with Crippen LogP contribution in [0, 0.1) is 0 Å². The highest BCUT2D eigenvalue weighted by Crippen LogP contribution is 2.53. The van der Waals surface area contributed by atoms with E-state index in [1.807, 2.05) is 18.4 Å². The normalized spacial score (nSPS) is 16.0. The Hall–Kier alpha value is -2.53. The highest BCUT2D eigenvalue weighted by Gasteiger charge is 2.48. The van der Waals surface area contributed by atoms with E-state index < -0.39 is 5.60 Å². The fraction of sp³-hybridized carbons (Fsp3) is 0.200. The summed E-state index contributed by atoms with van der Waals surface area (Å²) in [7, 11) is 0. The van der Waals surface area contributed by atoms with E-state index in [2.05, 4.69) is 46.4 Å². The number of nitrogens with one attached hydrogen (secondary N) is 1. The minimum atomic E-state index is -0.559. The molecule has 1 aromatic heterocycles. The van der Waals surface area contributed by atoms with Crippen LogP contribution < -0.4 is 10.3 Å². The van der Waals surface area contributed by atoms with Crippen LogP contribution in [0.15, 0.2) is 58.5 Å². The number of nitrogens with zero attached hydrogens (tertiary/aromatic N) is 1. The third-order valence-electron chi connectivity index (χ3n) is 5.16. The molecule has 1 aliphatic heterocycles. The summed E-state index contributed by atoms with van der Waals surface area (Å²) in [6.45, 7) is 0. The third-order valence-corrected chi connectivity index (χ3v) is 5.74. The average Bonchev–Trinajstić information content (AvgIpc) is 2.92. The van der Waals surface area contributed by atoms with Gasteiger partial charge < -0.3 is 9.72 Å². The molecule has 1 N–H and O–H groups in total. The Bertz CT molecular complexity index is 1010. The number of thioether (sulfide) groups is 1. The van der Waals surface area contributed by atoms with Gasteiger partial charge in [0.25, 0.3) is 5.56 Å². The summed E-state index contributed by atoms with van der Waals surface area (Å²) in [6, 6.07) is 16.7. The first-order chi connectivity index (χ1) is 12.2. The molecule has 25 heavy (non-hydrogen) atoms. The average molecular weight is 348 g/mol.